The zero-order chi connectivity index (χ0) is 19.8. The van der Waals surface area contributed by atoms with Crippen LogP contribution in [-0.4, -0.2) is 55.2 Å². The topological polar surface area (TPSA) is 214 Å². The first kappa shape index (κ1) is 23.0. The van der Waals surface area contributed by atoms with Gasteiger partial charge in [0.1, 0.15) is 17.8 Å². The van der Waals surface area contributed by atoms with Crippen LogP contribution in [0.1, 0.15) is 12.5 Å². The van der Waals surface area contributed by atoms with E-state index in [1.165, 1.54) is 31.2 Å². The van der Waals surface area contributed by atoms with Gasteiger partial charge in [-0.2, -0.15) is 0 Å². The van der Waals surface area contributed by atoms with Gasteiger partial charge in [-0.05, 0) is 31.0 Å². The van der Waals surface area contributed by atoms with E-state index < -0.39 is 37.9 Å². The van der Waals surface area contributed by atoms with Gasteiger partial charge in [-0.1, -0.05) is 12.1 Å². The third-order valence-electron chi connectivity index (χ3n) is 2.73. The molecule has 0 fully saturated rings. The molecule has 0 bridgehead atoms. The van der Waals surface area contributed by atoms with Crippen molar-refractivity contribution in [2.75, 3.05) is 0 Å². The number of carboxylic acids is 2. The van der Waals surface area contributed by atoms with Crippen LogP contribution in [0, 0.1) is 0 Å². The highest BCUT2D eigenvalue weighted by Crippen LogP contribution is 2.37. The molecule has 11 nitrogen and oxygen atoms in total. The van der Waals surface area contributed by atoms with Crippen LogP contribution >= 0.6 is 7.82 Å². The van der Waals surface area contributed by atoms with Crippen molar-refractivity contribution in [3.63, 3.8) is 0 Å². The number of carbonyl (C=O) groups is 2. The van der Waals surface area contributed by atoms with Crippen LogP contribution in [0.2, 0.25) is 0 Å². The third-order valence-corrected chi connectivity index (χ3v) is 3.17. The maximum absolute atomic E-state index is 10.5. The van der Waals surface area contributed by atoms with E-state index in [-0.39, 0.29) is 12.2 Å². The number of phosphoric acid groups is 1. The molecular weight excluding hydrogens is 359 g/mol. The molecule has 1 aromatic carbocycles. The van der Waals surface area contributed by atoms with Crippen LogP contribution in [0.5, 0.6) is 5.75 Å². The van der Waals surface area contributed by atoms with Crippen molar-refractivity contribution < 1.29 is 43.8 Å². The van der Waals surface area contributed by atoms with Crippen molar-refractivity contribution in [3.05, 3.63) is 29.8 Å². The highest BCUT2D eigenvalue weighted by atomic mass is 31.2. The first-order valence-corrected chi connectivity index (χ1v) is 8.35. The smallest absolute Gasteiger partial charge is 0.480 e. The van der Waals surface area contributed by atoms with Gasteiger partial charge < -0.3 is 31.3 Å². The lowest BCUT2D eigenvalue weighted by molar-refractivity contribution is -0.141. The molecule has 3 atom stereocenters. The molecular formula is C13H21N2O9P. The number of nitrogens with two attached hydrogens (primary N) is 2. The summed E-state index contributed by atoms with van der Waals surface area (Å²) in [5.41, 5.74) is 10.9. The number of rotatable bonds is 7. The lowest BCUT2D eigenvalue weighted by Gasteiger charge is -2.09. The van der Waals surface area contributed by atoms with Crippen LogP contribution in [0.25, 0.3) is 0 Å². The third kappa shape index (κ3) is 10.5. The summed E-state index contributed by atoms with van der Waals surface area (Å²) in [6.45, 7) is 1.33. The number of phosphoric ester groups is 1. The molecule has 0 aliphatic rings. The summed E-state index contributed by atoms with van der Waals surface area (Å²) in [5.74, 6) is -2.29. The highest BCUT2D eigenvalue weighted by molar-refractivity contribution is 7.46. The first-order valence-electron chi connectivity index (χ1n) is 6.82. The molecule has 142 valence electrons. The van der Waals surface area contributed by atoms with Crippen LogP contribution in [-0.2, 0) is 20.6 Å². The van der Waals surface area contributed by atoms with E-state index in [1.54, 1.807) is 0 Å². The highest BCUT2D eigenvalue weighted by Gasteiger charge is 2.17. The van der Waals surface area contributed by atoms with Gasteiger partial charge in [0.15, 0.2) is 0 Å². The summed E-state index contributed by atoms with van der Waals surface area (Å²) in [7, 11) is -4.56. The average Bonchev–Trinajstić information content (AvgIpc) is 2.47. The van der Waals surface area contributed by atoms with Crippen molar-refractivity contribution in [3.8, 4) is 5.75 Å². The molecule has 25 heavy (non-hydrogen) atoms. The van der Waals surface area contributed by atoms with E-state index in [0.29, 0.717) is 5.56 Å². The van der Waals surface area contributed by atoms with E-state index in [2.05, 4.69) is 4.52 Å². The molecule has 0 spiro atoms. The Morgan fingerprint density at radius 1 is 1.12 bits per heavy atom. The van der Waals surface area contributed by atoms with Crippen molar-refractivity contribution in [1.82, 2.24) is 0 Å². The van der Waals surface area contributed by atoms with Gasteiger partial charge in [-0.25, -0.2) is 4.57 Å². The summed E-state index contributed by atoms with van der Waals surface area (Å²) in [6, 6.07) is 3.49. The van der Waals surface area contributed by atoms with Gasteiger partial charge in [0.05, 0.1) is 6.10 Å². The van der Waals surface area contributed by atoms with Gasteiger partial charge in [0, 0.05) is 0 Å². The molecule has 0 aliphatic heterocycles. The fourth-order valence-corrected chi connectivity index (χ4v) is 1.77. The van der Waals surface area contributed by atoms with E-state index in [1.807, 2.05) is 0 Å². The van der Waals surface area contributed by atoms with Crippen molar-refractivity contribution >= 4 is 19.8 Å². The molecule has 0 saturated carbocycles. The maximum atomic E-state index is 10.5. The van der Waals surface area contributed by atoms with Crippen molar-refractivity contribution in [1.29, 1.82) is 0 Å². The van der Waals surface area contributed by atoms with Crippen LogP contribution in [0.3, 0.4) is 0 Å². The second-order valence-electron chi connectivity index (χ2n) is 4.98. The second-order valence-corrected chi connectivity index (χ2v) is 6.14. The van der Waals surface area contributed by atoms with Crippen LogP contribution < -0.4 is 16.0 Å². The summed E-state index contributed by atoms with van der Waals surface area (Å²) in [4.78, 5) is 37.5. The van der Waals surface area contributed by atoms with Gasteiger partial charge in [-0.3, -0.25) is 19.4 Å². The summed E-state index contributed by atoms with van der Waals surface area (Å²) in [5, 5.41) is 25.2. The Morgan fingerprint density at radius 2 is 1.60 bits per heavy atom. The Morgan fingerprint density at radius 3 is 1.88 bits per heavy atom. The minimum Gasteiger partial charge on any atom is -0.480 e. The number of aliphatic hydroxyl groups excluding tert-OH is 1. The Bertz CT molecular complexity index is 614. The number of aliphatic carboxylic acids is 2. The van der Waals surface area contributed by atoms with E-state index in [9.17, 15) is 14.2 Å². The second kappa shape index (κ2) is 10.1. The Kier molecular flexibility index (Phi) is 9.28. The summed E-state index contributed by atoms with van der Waals surface area (Å²) < 4.78 is 14.9. The minimum atomic E-state index is -4.56. The molecule has 0 aliphatic carbocycles. The molecule has 1 rings (SSSR count). The molecule has 9 N–H and O–H groups in total. The largest absolute Gasteiger partial charge is 0.524 e. The Hall–Kier alpha value is -2.01. The Labute approximate surface area is 143 Å². The number of hydrogen-bond acceptors (Lipinski definition) is 7. The Balaban J connectivity index is 0.000000609. The lowest BCUT2D eigenvalue weighted by Crippen LogP contribution is -2.39. The van der Waals surface area contributed by atoms with E-state index in [0.717, 1.165) is 0 Å². The van der Waals surface area contributed by atoms with Crippen LogP contribution in [0.4, 0.5) is 0 Å². The molecule has 0 heterocycles. The number of carboxylic acid groups (broad SMARTS) is 2. The fourth-order valence-electron chi connectivity index (χ4n) is 1.37. The van der Waals surface area contributed by atoms with Crippen LogP contribution in [0.15, 0.2) is 24.3 Å². The molecule has 12 heteroatoms. The molecule has 0 unspecified atom stereocenters. The normalized spacial score (nSPS) is 14.5. The standard InChI is InChI=1S/C9H12NO6P.C4H9NO3/c10-8(9(11)12)5-6-1-3-7(4-2-6)16-17(13,14)15;1-2(6)3(5)4(7)8/h1-4,8H,5,10H2,(H,11,12)(H2,13,14,15);2-3,6H,5H2,1H3,(H,7,8)/t8-;2-,3+/m01/s1. The molecule has 0 aromatic heterocycles. The lowest BCUT2D eigenvalue weighted by atomic mass is 10.1. The average molecular weight is 380 g/mol. The van der Waals surface area contributed by atoms with E-state index in [4.69, 9.17) is 36.6 Å². The SMILES string of the molecule is C[C@@H](O)[C@H](N)C(=O)O.N[C@@H](Cc1ccc(OP(=O)(O)O)cc1)C(=O)O. The summed E-state index contributed by atoms with van der Waals surface area (Å²) in [6.07, 6.45) is -0.849. The quantitative estimate of drug-likeness (QED) is 0.282. The molecule has 0 radical (unpaired) electrons. The number of benzene rings is 1. The predicted octanol–water partition coefficient (Wildman–Crippen LogP) is -1.11. The number of aliphatic hydroxyl groups is 1. The van der Waals surface area contributed by atoms with Gasteiger partial charge in [0.25, 0.3) is 0 Å². The summed E-state index contributed by atoms with van der Waals surface area (Å²) >= 11 is 0. The maximum Gasteiger partial charge on any atom is 0.524 e. The monoisotopic (exact) mass is 380 g/mol. The molecule has 0 amide bonds. The first-order chi connectivity index (χ1) is 11.3. The van der Waals surface area contributed by atoms with Gasteiger partial charge >= 0.3 is 19.8 Å². The van der Waals surface area contributed by atoms with Crippen molar-refractivity contribution in [2.45, 2.75) is 31.5 Å². The van der Waals surface area contributed by atoms with Gasteiger partial charge in [-0.15, -0.1) is 0 Å². The zero-order valence-corrected chi connectivity index (χ0v) is 14.1. The van der Waals surface area contributed by atoms with Gasteiger partial charge in [0.2, 0.25) is 0 Å². The fraction of sp³-hybridized carbons (Fsp3) is 0.385. The predicted molar refractivity (Wildman–Crippen MR) is 85.7 cm³/mol. The van der Waals surface area contributed by atoms with E-state index >= 15 is 0 Å². The van der Waals surface area contributed by atoms with Crippen molar-refractivity contribution in [2.24, 2.45) is 11.5 Å². The zero-order valence-electron chi connectivity index (χ0n) is 13.2. The molecule has 1 aromatic rings. The minimum absolute atomic E-state index is 0.00554. The number of hydrogen-bond donors (Lipinski definition) is 7. The molecule has 0 saturated heterocycles.